The molecule has 1 saturated carbocycles. The van der Waals surface area contributed by atoms with E-state index in [9.17, 15) is 0 Å². The Bertz CT molecular complexity index is 537. The average molecular weight is 317 g/mol. The van der Waals surface area contributed by atoms with Crippen molar-refractivity contribution in [2.45, 2.75) is 38.3 Å². The zero-order chi connectivity index (χ0) is 16.5. The molecule has 1 aliphatic rings. The molecule has 0 aliphatic heterocycles. The average Bonchev–Trinajstić information content (AvgIpc) is 3.09. The van der Waals surface area contributed by atoms with E-state index in [0.29, 0.717) is 19.2 Å². The lowest BCUT2D eigenvalue weighted by Gasteiger charge is -2.20. The maximum absolute atomic E-state index is 6.23. The number of nitrogens with zero attached hydrogens (tertiary/aromatic N) is 1. The van der Waals surface area contributed by atoms with E-state index in [-0.39, 0.29) is 0 Å². The zero-order valence-corrected chi connectivity index (χ0v) is 14.1. The predicted octanol–water partition coefficient (Wildman–Crippen LogP) is 2.87. The summed E-state index contributed by atoms with van der Waals surface area (Å²) in [6.45, 7) is 4.99. The molecule has 0 atom stereocenters. The van der Waals surface area contributed by atoms with Gasteiger partial charge < -0.3 is 20.1 Å². The van der Waals surface area contributed by atoms with E-state index in [0.717, 1.165) is 35.9 Å². The summed E-state index contributed by atoms with van der Waals surface area (Å²) in [5.41, 5.74) is 1.07. The minimum Gasteiger partial charge on any atom is -0.493 e. The number of nitrogens with one attached hydrogen (secondary N) is 2. The second-order valence-corrected chi connectivity index (χ2v) is 5.57. The topological polar surface area (TPSA) is 54.9 Å². The summed E-state index contributed by atoms with van der Waals surface area (Å²) in [6.07, 6.45) is 6.81. The molecule has 0 heterocycles. The maximum Gasteiger partial charge on any atom is 0.191 e. The Balaban J connectivity index is 2.08. The second kappa shape index (κ2) is 9.08. The third kappa shape index (κ3) is 4.91. The van der Waals surface area contributed by atoms with Gasteiger partial charge in [-0.25, -0.2) is 0 Å². The molecule has 2 N–H and O–H groups in total. The van der Waals surface area contributed by atoms with E-state index in [1.165, 1.54) is 12.8 Å². The number of rotatable bonds is 7. The van der Waals surface area contributed by atoms with Crippen LogP contribution < -0.4 is 20.1 Å². The van der Waals surface area contributed by atoms with Gasteiger partial charge in [0.1, 0.15) is 0 Å². The lowest BCUT2D eigenvalue weighted by molar-refractivity contribution is 0.198. The fourth-order valence-electron chi connectivity index (χ4n) is 2.74. The number of benzene rings is 1. The van der Waals surface area contributed by atoms with Crippen molar-refractivity contribution in [3.63, 3.8) is 0 Å². The highest BCUT2D eigenvalue weighted by Crippen LogP contribution is 2.34. The van der Waals surface area contributed by atoms with Crippen molar-refractivity contribution in [2.75, 3.05) is 20.7 Å². The Labute approximate surface area is 138 Å². The number of guanidine groups is 1. The van der Waals surface area contributed by atoms with Crippen molar-refractivity contribution in [2.24, 2.45) is 4.99 Å². The minimum atomic E-state index is 0.295. The van der Waals surface area contributed by atoms with Gasteiger partial charge in [-0.3, -0.25) is 4.99 Å². The zero-order valence-electron chi connectivity index (χ0n) is 14.1. The number of hydrogen-bond acceptors (Lipinski definition) is 3. The number of hydrogen-bond donors (Lipinski definition) is 2. The van der Waals surface area contributed by atoms with Gasteiger partial charge in [-0.1, -0.05) is 18.2 Å². The van der Waals surface area contributed by atoms with Gasteiger partial charge in [-0.15, -0.1) is 6.58 Å². The van der Waals surface area contributed by atoms with Crippen LogP contribution in [-0.4, -0.2) is 32.8 Å². The van der Waals surface area contributed by atoms with E-state index < -0.39 is 0 Å². The van der Waals surface area contributed by atoms with Crippen LogP contribution in [0.15, 0.2) is 35.8 Å². The molecule has 0 amide bonds. The Morgan fingerprint density at radius 1 is 1.35 bits per heavy atom. The molecule has 0 spiro atoms. The van der Waals surface area contributed by atoms with Crippen LogP contribution in [0.5, 0.6) is 11.5 Å². The molecule has 5 nitrogen and oxygen atoms in total. The van der Waals surface area contributed by atoms with Crippen LogP contribution in [0.4, 0.5) is 0 Å². The van der Waals surface area contributed by atoms with Gasteiger partial charge in [0.25, 0.3) is 0 Å². The van der Waals surface area contributed by atoms with Crippen molar-refractivity contribution in [1.29, 1.82) is 0 Å². The summed E-state index contributed by atoms with van der Waals surface area (Å²) in [6, 6.07) is 5.98. The molecule has 1 aromatic rings. The van der Waals surface area contributed by atoms with Gasteiger partial charge >= 0.3 is 0 Å². The molecular formula is C18H27N3O2. The lowest BCUT2D eigenvalue weighted by Crippen LogP contribution is -2.36. The summed E-state index contributed by atoms with van der Waals surface area (Å²) in [7, 11) is 3.43. The molecule has 5 heteroatoms. The quantitative estimate of drug-likeness (QED) is 0.461. The highest BCUT2D eigenvalue weighted by Gasteiger charge is 2.20. The standard InChI is InChI=1S/C18H27N3O2/c1-4-12-20-18(19-2)21-13-14-8-7-11-16(22-3)17(14)23-15-9-5-6-10-15/h4,7-8,11,15H,1,5-6,9-10,12-13H2,2-3H3,(H2,19,20,21). The van der Waals surface area contributed by atoms with E-state index in [2.05, 4.69) is 28.3 Å². The van der Waals surface area contributed by atoms with E-state index in [1.807, 2.05) is 12.1 Å². The molecule has 0 bridgehead atoms. The fraction of sp³-hybridized carbons (Fsp3) is 0.500. The molecule has 1 aromatic carbocycles. The van der Waals surface area contributed by atoms with Crippen LogP contribution in [0, 0.1) is 0 Å². The normalized spacial score (nSPS) is 15.3. The van der Waals surface area contributed by atoms with Crippen LogP contribution in [0.25, 0.3) is 0 Å². The molecule has 0 unspecified atom stereocenters. The van der Waals surface area contributed by atoms with Crippen LogP contribution >= 0.6 is 0 Å². The monoisotopic (exact) mass is 317 g/mol. The molecule has 126 valence electrons. The Hall–Kier alpha value is -2.17. The van der Waals surface area contributed by atoms with Crippen LogP contribution in [0.1, 0.15) is 31.2 Å². The molecule has 0 saturated heterocycles. The molecule has 0 radical (unpaired) electrons. The first kappa shape index (κ1) is 17.2. The highest BCUT2D eigenvalue weighted by molar-refractivity contribution is 5.79. The molecule has 1 aliphatic carbocycles. The van der Waals surface area contributed by atoms with Crippen molar-refractivity contribution < 1.29 is 9.47 Å². The van der Waals surface area contributed by atoms with E-state index >= 15 is 0 Å². The Morgan fingerprint density at radius 3 is 2.78 bits per heavy atom. The van der Waals surface area contributed by atoms with E-state index in [4.69, 9.17) is 9.47 Å². The number of ether oxygens (including phenoxy) is 2. The fourth-order valence-corrected chi connectivity index (χ4v) is 2.74. The Morgan fingerprint density at radius 2 is 2.13 bits per heavy atom. The van der Waals surface area contributed by atoms with Gasteiger partial charge in [0.05, 0.1) is 13.2 Å². The summed E-state index contributed by atoms with van der Waals surface area (Å²) in [5, 5.41) is 6.45. The van der Waals surface area contributed by atoms with Gasteiger partial charge in [-0.2, -0.15) is 0 Å². The SMILES string of the molecule is C=CCNC(=NC)NCc1cccc(OC)c1OC1CCCC1. The van der Waals surface area contributed by atoms with Crippen LogP contribution in [0.2, 0.25) is 0 Å². The van der Waals surface area contributed by atoms with Crippen molar-refractivity contribution >= 4 is 5.96 Å². The third-order valence-corrected chi connectivity index (χ3v) is 3.95. The molecular weight excluding hydrogens is 290 g/mol. The number of para-hydroxylation sites is 1. The van der Waals surface area contributed by atoms with Gasteiger partial charge in [0, 0.05) is 25.7 Å². The first-order valence-electron chi connectivity index (χ1n) is 8.16. The molecule has 1 fully saturated rings. The minimum absolute atomic E-state index is 0.295. The summed E-state index contributed by atoms with van der Waals surface area (Å²) in [4.78, 5) is 4.19. The van der Waals surface area contributed by atoms with Crippen molar-refractivity contribution in [3.8, 4) is 11.5 Å². The van der Waals surface area contributed by atoms with Crippen molar-refractivity contribution in [3.05, 3.63) is 36.4 Å². The molecule has 0 aromatic heterocycles. The summed E-state index contributed by atoms with van der Waals surface area (Å²) in [5.74, 6) is 2.36. The van der Waals surface area contributed by atoms with Gasteiger partial charge in [0.2, 0.25) is 0 Å². The first-order chi connectivity index (χ1) is 11.3. The van der Waals surface area contributed by atoms with Crippen molar-refractivity contribution in [1.82, 2.24) is 10.6 Å². The second-order valence-electron chi connectivity index (χ2n) is 5.57. The Kier molecular flexibility index (Phi) is 6.78. The highest BCUT2D eigenvalue weighted by atomic mass is 16.5. The third-order valence-electron chi connectivity index (χ3n) is 3.95. The smallest absolute Gasteiger partial charge is 0.191 e. The van der Waals surface area contributed by atoms with Crippen LogP contribution in [0.3, 0.4) is 0 Å². The van der Waals surface area contributed by atoms with Gasteiger partial charge in [0.15, 0.2) is 17.5 Å². The predicted molar refractivity (Wildman–Crippen MR) is 94.3 cm³/mol. The first-order valence-corrected chi connectivity index (χ1v) is 8.16. The van der Waals surface area contributed by atoms with E-state index in [1.54, 1.807) is 20.2 Å². The number of aliphatic imine (C=N–C) groups is 1. The lowest BCUT2D eigenvalue weighted by atomic mass is 10.1. The molecule has 2 rings (SSSR count). The maximum atomic E-state index is 6.23. The summed E-state index contributed by atoms with van der Waals surface area (Å²) < 4.78 is 11.7. The largest absolute Gasteiger partial charge is 0.493 e. The molecule has 23 heavy (non-hydrogen) atoms. The van der Waals surface area contributed by atoms with Crippen LogP contribution in [-0.2, 0) is 6.54 Å². The van der Waals surface area contributed by atoms with Gasteiger partial charge in [-0.05, 0) is 31.7 Å². The number of methoxy groups -OCH3 is 1. The summed E-state index contributed by atoms with van der Waals surface area (Å²) >= 11 is 0.